The third kappa shape index (κ3) is 3.42. The van der Waals surface area contributed by atoms with E-state index >= 15 is 0 Å². The Balaban J connectivity index is 2.13. The number of nitrogens with two attached hydrogens (primary N) is 1. The van der Waals surface area contributed by atoms with Crippen molar-refractivity contribution in [3.63, 3.8) is 0 Å². The first-order chi connectivity index (χ1) is 9.87. The Morgan fingerprint density at radius 2 is 2.00 bits per heavy atom. The van der Waals surface area contributed by atoms with Gasteiger partial charge in [-0.05, 0) is 20.3 Å². The summed E-state index contributed by atoms with van der Waals surface area (Å²) < 4.78 is 7.30. The molecule has 5 nitrogen and oxygen atoms in total. The molecule has 2 rings (SSSR count). The molecule has 1 aliphatic heterocycles. The van der Waals surface area contributed by atoms with E-state index in [1.165, 1.54) is 0 Å². The van der Waals surface area contributed by atoms with Crippen LogP contribution in [0.3, 0.4) is 0 Å². The molecule has 1 aromatic heterocycles. The van der Waals surface area contributed by atoms with E-state index in [0.29, 0.717) is 0 Å². The van der Waals surface area contributed by atoms with Crippen LogP contribution in [-0.2, 0) is 24.6 Å². The molecule has 1 atom stereocenters. The lowest BCUT2D eigenvalue weighted by molar-refractivity contribution is -0.0187. The van der Waals surface area contributed by atoms with Gasteiger partial charge in [0.15, 0.2) is 0 Å². The van der Waals surface area contributed by atoms with Crippen LogP contribution in [0.25, 0.3) is 0 Å². The van der Waals surface area contributed by atoms with Gasteiger partial charge in [0.05, 0.1) is 29.6 Å². The topological polar surface area (TPSA) is 56.3 Å². The van der Waals surface area contributed by atoms with Crippen LogP contribution in [0.2, 0.25) is 5.02 Å². The van der Waals surface area contributed by atoms with E-state index in [0.717, 1.165) is 55.6 Å². The second-order valence-electron chi connectivity index (χ2n) is 6.25. The van der Waals surface area contributed by atoms with E-state index in [-0.39, 0.29) is 11.6 Å². The third-order valence-corrected chi connectivity index (χ3v) is 5.09. The summed E-state index contributed by atoms with van der Waals surface area (Å²) in [5.41, 5.74) is 8.41. The maximum Gasteiger partial charge on any atom is 0.0850 e. The van der Waals surface area contributed by atoms with Gasteiger partial charge in [-0.1, -0.05) is 18.5 Å². The van der Waals surface area contributed by atoms with Crippen molar-refractivity contribution in [2.24, 2.45) is 12.8 Å². The molecule has 0 amide bonds. The highest BCUT2D eigenvalue weighted by atomic mass is 35.5. The smallest absolute Gasteiger partial charge is 0.0850 e. The molecule has 1 unspecified atom stereocenters. The monoisotopic (exact) mass is 314 g/mol. The maximum atomic E-state index is 6.52. The number of ether oxygens (including phenoxy) is 1. The first-order valence-electron chi connectivity index (χ1n) is 7.66. The van der Waals surface area contributed by atoms with Crippen LogP contribution in [0.4, 0.5) is 0 Å². The number of aromatic nitrogens is 2. The molecule has 2 N–H and O–H groups in total. The molecular formula is C15H27ClN4O. The Morgan fingerprint density at radius 3 is 2.52 bits per heavy atom. The summed E-state index contributed by atoms with van der Waals surface area (Å²) in [7, 11) is 1.94. The zero-order valence-electron chi connectivity index (χ0n) is 13.5. The zero-order chi connectivity index (χ0) is 15.6. The van der Waals surface area contributed by atoms with Crippen LogP contribution in [0.15, 0.2) is 0 Å². The average molecular weight is 315 g/mol. The van der Waals surface area contributed by atoms with Gasteiger partial charge in [0.2, 0.25) is 0 Å². The fraction of sp³-hybridized carbons (Fsp3) is 0.800. The fourth-order valence-electron chi connectivity index (χ4n) is 2.87. The molecular weight excluding hydrogens is 288 g/mol. The van der Waals surface area contributed by atoms with Crippen LogP contribution in [0, 0.1) is 0 Å². The summed E-state index contributed by atoms with van der Waals surface area (Å²) in [5.74, 6) is 0. The largest absolute Gasteiger partial charge is 0.379 e. The van der Waals surface area contributed by atoms with Crippen molar-refractivity contribution in [2.45, 2.75) is 45.2 Å². The fourth-order valence-corrected chi connectivity index (χ4v) is 3.24. The molecule has 1 aliphatic rings. The normalized spacial score (nSPS) is 19.0. The van der Waals surface area contributed by atoms with E-state index in [1.54, 1.807) is 0 Å². The van der Waals surface area contributed by atoms with Gasteiger partial charge in [-0.3, -0.25) is 9.58 Å². The van der Waals surface area contributed by atoms with E-state index in [4.69, 9.17) is 22.1 Å². The highest BCUT2D eigenvalue weighted by molar-refractivity contribution is 6.31. The molecule has 0 saturated carbocycles. The van der Waals surface area contributed by atoms with Gasteiger partial charge in [0.25, 0.3) is 0 Å². The van der Waals surface area contributed by atoms with Crippen molar-refractivity contribution in [1.82, 2.24) is 14.7 Å². The first kappa shape index (κ1) is 16.7. The van der Waals surface area contributed by atoms with Crippen molar-refractivity contribution in [3.05, 3.63) is 16.4 Å². The Morgan fingerprint density at radius 1 is 1.38 bits per heavy atom. The summed E-state index contributed by atoms with van der Waals surface area (Å²) in [6.45, 7) is 9.89. The number of nitrogens with zero attached hydrogens (tertiary/aromatic N) is 3. The van der Waals surface area contributed by atoms with Gasteiger partial charge in [-0.2, -0.15) is 5.10 Å². The van der Waals surface area contributed by atoms with E-state index in [9.17, 15) is 0 Å². The quantitative estimate of drug-likeness (QED) is 0.897. The van der Waals surface area contributed by atoms with E-state index in [2.05, 4.69) is 30.8 Å². The Labute approximate surface area is 132 Å². The number of aryl methyl sites for hydroxylation is 2. The molecule has 2 heterocycles. The predicted molar refractivity (Wildman–Crippen MR) is 85.7 cm³/mol. The van der Waals surface area contributed by atoms with Crippen LogP contribution < -0.4 is 5.73 Å². The highest BCUT2D eigenvalue weighted by Gasteiger charge is 2.35. The summed E-state index contributed by atoms with van der Waals surface area (Å²) in [4.78, 5) is 2.41. The zero-order valence-corrected chi connectivity index (χ0v) is 14.3. The second kappa shape index (κ2) is 6.65. The third-order valence-electron chi connectivity index (χ3n) is 4.65. The van der Waals surface area contributed by atoms with Gasteiger partial charge < -0.3 is 10.5 Å². The minimum atomic E-state index is -0.0935. The van der Waals surface area contributed by atoms with Crippen LogP contribution >= 0.6 is 11.6 Å². The van der Waals surface area contributed by atoms with Crippen LogP contribution in [0.1, 0.15) is 32.2 Å². The van der Waals surface area contributed by atoms with Gasteiger partial charge in [0, 0.05) is 38.1 Å². The molecule has 0 aromatic carbocycles. The van der Waals surface area contributed by atoms with Gasteiger partial charge in [0.1, 0.15) is 0 Å². The van der Waals surface area contributed by atoms with Crippen LogP contribution in [-0.4, -0.2) is 52.6 Å². The molecule has 0 radical (unpaired) electrons. The molecule has 120 valence electrons. The van der Waals surface area contributed by atoms with Crippen molar-refractivity contribution < 1.29 is 4.74 Å². The molecule has 0 bridgehead atoms. The Kier molecular flexibility index (Phi) is 5.30. The number of halogens is 1. The number of hydrogen-bond donors (Lipinski definition) is 1. The molecule has 21 heavy (non-hydrogen) atoms. The average Bonchev–Trinajstić information content (AvgIpc) is 2.75. The summed E-state index contributed by atoms with van der Waals surface area (Å²) in [6, 6.07) is -0.00629. The lowest BCUT2D eigenvalue weighted by Crippen LogP contribution is -2.59. The first-order valence-corrected chi connectivity index (χ1v) is 8.04. The molecule has 0 aliphatic carbocycles. The molecule has 1 saturated heterocycles. The minimum absolute atomic E-state index is 0.00629. The molecule has 1 aromatic rings. The van der Waals surface area contributed by atoms with E-state index < -0.39 is 0 Å². The van der Waals surface area contributed by atoms with Gasteiger partial charge in [-0.25, -0.2) is 0 Å². The summed E-state index contributed by atoms with van der Waals surface area (Å²) in [5, 5.41) is 5.24. The second-order valence-corrected chi connectivity index (χ2v) is 6.63. The molecule has 1 fully saturated rings. The lowest BCUT2D eigenvalue weighted by atomic mass is 9.89. The van der Waals surface area contributed by atoms with Crippen molar-refractivity contribution >= 4 is 11.6 Å². The van der Waals surface area contributed by atoms with Crippen molar-refractivity contribution in [1.29, 1.82) is 0 Å². The number of hydrogen-bond acceptors (Lipinski definition) is 4. The maximum absolute atomic E-state index is 6.52. The molecule has 0 spiro atoms. The van der Waals surface area contributed by atoms with E-state index in [1.807, 2.05) is 11.7 Å². The summed E-state index contributed by atoms with van der Waals surface area (Å²) in [6.07, 6.45) is 1.57. The Bertz CT molecular complexity index is 480. The highest BCUT2D eigenvalue weighted by Crippen LogP contribution is 2.26. The van der Waals surface area contributed by atoms with Crippen molar-refractivity contribution in [2.75, 3.05) is 26.3 Å². The SMILES string of the molecule is CCc1nn(C)c(CC(N)C(C)(C)N2CCOCC2)c1Cl. The minimum Gasteiger partial charge on any atom is -0.379 e. The predicted octanol–water partition coefficient (Wildman–Crippen LogP) is 1.62. The Hall–Kier alpha value is -0.620. The standard InChI is InChI=1S/C15H27ClN4O/c1-5-11-14(16)12(19(4)18-11)10-13(17)15(2,3)20-6-8-21-9-7-20/h13H,5-10,17H2,1-4H3. The number of morpholine rings is 1. The summed E-state index contributed by atoms with van der Waals surface area (Å²) >= 11 is 6.44. The van der Waals surface area contributed by atoms with Gasteiger partial charge >= 0.3 is 0 Å². The van der Waals surface area contributed by atoms with Crippen LogP contribution in [0.5, 0.6) is 0 Å². The van der Waals surface area contributed by atoms with Gasteiger partial charge in [-0.15, -0.1) is 0 Å². The lowest BCUT2D eigenvalue weighted by Gasteiger charge is -2.44. The number of rotatable bonds is 5. The van der Waals surface area contributed by atoms with Crippen molar-refractivity contribution in [3.8, 4) is 0 Å². The molecule has 6 heteroatoms.